The molecule has 3 N–H and O–H groups in total. The van der Waals surface area contributed by atoms with Crippen LogP contribution in [0.1, 0.15) is 68.3 Å². The highest BCUT2D eigenvalue weighted by molar-refractivity contribution is 7.89. The summed E-state index contributed by atoms with van der Waals surface area (Å²) >= 11 is 0. The Labute approximate surface area is 168 Å². The van der Waals surface area contributed by atoms with Gasteiger partial charge in [0.05, 0.1) is 22.3 Å². The molecule has 0 amide bonds. The van der Waals surface area contributed by atoms with Gasteiger partial charge in [0.1, 0.15) is 0 Å². The number of aromatic nitrogens is 2. The lowest BCUT2D eigenvalue weighted by Gasteiger charge is -2.29. The summed E-state index contributed by atoms with van der Waals surface area (Å²) < 4.78 is 28.5. The van der Waals surface area contributed by atoms with E-state index in [9.17, 15) is 18.0 Å². The second-order valence-corrected chi connectivity index (χ2v) is 9.03. The van der Waals surface area contributed by atoms with Crippen LogP contribution in [0.4, 0.5) is 0 Å². The molecule has 8 heteroatoms. The average Bonchev–Trinajstić information content (AvgIpc) is 3.35. The first-order valence-electron chi connectivity index (χ1n) is 9.32. The van der Waals surface area contributed by atoms with E-state index in [0.717, 1.165) is 23.1 Å². The summed E-state index contributed by atoms with van der Waals surface area (Å²) in [5.41, 5.74) is 4.26. The molecule has 0 aliphatic heterocycles. The van der Waals surface area contributed by atoms with Gasteiger partial charge >= 0.3 is 0 Å². The van der Waals surface area contributed by atoms with Gasteiger partial charge in [-0.05, 0) is 55.7 Å². The summed E-state index contributed by atoms with van der Waals surface area (Å²) in [4.78, 5) is 28.7. The number of aryl methyl sites for hydroxylation is 1. The Morgan fingerprint density at radius 3 is 2.34 bits per heavy atom. The van der Waals surface area contributed by atoms with Crippen LogP contribution in [0, 0.1) is 6.92 Å². The Morgan fingerprint density at radius 1 is 0.966 bits per heavy atom. The van der Waals surface area contributed by atoms with Gasteiger partial charge in [-0.1, -0.05) is 17.7 Å². The number of aromatic amines is 2. The Bertz CT molecular complexity index is 1160. The standard InChI is InChI=1S/C21H21N3O4S/c1-13-2-5-16(6-3-13)29(27,28)24-20-9-7-17(19-8-4-14(11-25)22-19)18-10-15(12-26)23-21(18)20/h2-6,8,10-12,17,20,22-24H,7,9H2,1H3/t17-,20+/m1/s1. The van der Waals surface area contributed by atoms with Gasteiger partial charge in [0.15, 0.2) is 12.6 Å². The predicted molar refractivity (Wildman–Crippen MR) is 108 cm³/mol. The fourth-order valence-electron chi connectivity index (χ4n) is 3.90. The third kappa shape index (κ3) is 3.68. The zero-order chi connectivity index (χ0) is 20.6. The normalized spacial score (nSPS) is 18.9. The van der Waals surface area contributed by atoms with Gasteiger partial charge in [-0.25, -0.2) is 13.1 Å². The first kappa shape index (κ1) is 19.4. The number of rotatable bonds is 6. The molecule has 0 spiro atoms. The second kappa shape index (κ2) is 7.46. The topological polar surface area (TPSA) is 112 Å². The van der Waals surface area contributed by atoms with Gasteiger partial charge in [-0.3, -0.25) is 9.59 Å². The van der Waals surface area contributed by atoms with E-state index < -0.39 is 16.1 Å². The molecule has 7 nitrogen and oxygen atoms in total. The summed E-state index contributed by atoms with van der Waals surface area (Å²) in [6.45, 7) is 1.90. The van der Waals surface area contributed by atoms with Crippen LogP contribution in [-0.4, -0.2) is 31.0 Å². The zero-order valence-electron chi connectivity index (χ0n) is 15.8. The smallest absolute Gasteiger partial charge is 0.241 e. The number of hydrogen-bond acceptors (Lipinski definition) is 4. The van der Waals surface area contributed by atoms with E-state index >= 15 is 0 Å². The van der Waals surface area contributed by atoms with Crippen LogP contribution in [0.5, 0.6) is 0 Å². The van der Waals surface area contributed by atoms with Crippen molar-refractivity contribution in [2.24, 2.45) is 0 Å². The third-order valence-electron chi connectivity index (χ3n) is 5.36. The molecule has 1 aliphatic rings. The number of carbonyl (C=O) groups is 2. The van der Waals surface area contributed by atoms with E-state index in [0.29, 0.717) is 36.2 Å². The van der Waals surface area contributed by atoms with Crippen molar-refractivity contribution < 1.29 is 18.0 Å². The second-order valence-electron chi connectivity index (χ2n) is 7.32. The molecule has 0 unspecified atom stereocenters. The van der Waals surface area contributed by atoms with E-state index in [-0.39, 0.29) is 10.8 Å². The Kier molecular flexibility index (Phi) is 4.97. The summed E-state index contributed by atoms with van der Waals surface area (Å²) in [6, 6.07) is 11.5. The van der Waals surface area contributed by atoms with Gasteiger partial charge in [0.25, 0.3) is 0 Å². The number of sulfonamides is 1. The van der Waals surface area contributed by atoms with Crippen molar-refractivity contribution in [1.29, 1.82) is 0 Å². The highest BCUT2D eigenvalue weighted by Crippen LogP contribution is 2.41. The van der Waals surface area contributed by atoms with Crippen molar-refractivity contribution in [3.63, 3.8) is 0 Å². The SMILES string of the molecule is Cc1ccc(S(=O)(=O)N[C@H]2CC[C@@H](c3ccc(C=O)[nH]3)c3cc(C=O)[nH]c32)cc1. The first-order valence-corrected chi connectivity index (χ1v) is 10.8. The minimum absolute atomic E-state index is 0.0521. The Balaban J connectivity index is 1.67. The van der Waals surface area contributed by atoms with Crippen molar-refractivity contribution in [2.45, 2.75) is 36.6 Å². The van der Waals surface area contributed by atoms with Crippen LogP contribution >= 0.6 is 0 Å². The number of carbonyl (C=O) groups excluding carboxylic acids is 2. The molecule has 3 aromatic rings. The first-order chi connectivity index (χ1) is 13.9. The van der Waals surface area contributed by atoms with Crippen LogP contribution in [0.15, 0.2) is 47.4 Å². The number of aldehydes is 2. The van der Waals surface area contributed by atoms with E-state index in [2.05, 4.69) is 14.7 Å². The molecule has 0 bridgehead atoms. The van der Waals surface area contributed by atoms with Crippen LogP contribution < -0.4 is 4.72 Å². The lowest BCUT2D eigenvalue weighted by Crippen LogP contribution is -2.32. The maximum Gasteiger partial charge on any atom is 0.241 e. The Morgan fingerprint density at radius 2 is 1.69 bits per heavy atom. The van der Waals surface area contributed by atoms with Gasteiger partial charge in [0.2, 0.25) is 10.0 Å². The van der Waals surface area contributed by atoms with E-state index in [1.165, 1.54) is 0 Å². The van der Waals surface area contributed by atoms with Crippen molar-refractivity contribution in [3.05, 3.63) is 76.4 Å². The lowest BCUT2D eigenvalue weighted by molar-refractivity contribution is 0.111. The van der Waals surface area contributed by atoms with Gasteiger partial charge in [-0.2, -0.15) is 0 Å². The molecular weight excluding hydrogens is 390 g/mol. The lowest BCUT2D eigenvalue weighted by atomic mass is 9.82. The molecular formula is C21H21N3O4S. The Hall–Kier alpha value is -2.97. The number of fused-ring (bicyclic) bond motifs is 1. The van der Waals surface area contributed by atoms with Crippen molar-refractivity contribution >= 4 is 22.6 Å². The van der Waals surface area contributed by atoms with E-state index in [1.807, 2.05) is 13.0 Å². The van der Waals surface area contributed by atoms with Crippen LogP contribution in [0.2, 0.25) is 0 Å². The molecule has 0 fully saturated rings. The number of H-pyrrole nitrogens is 2. The quantitative estimate of drug-likeness (QED) is 0.541. The molecule has 2 heterocycles. The van der Waals surface area contributed by atoms with E-state index in [4.69, 9.17) is 0 Å². The number of nitrogens with one attached hydrogen (secondary N) is 3. The van der Waals surface area contributed by atoms with Gasteiger partial charge in [-0.15, -0.1) is 0 Å². The molecule has 29 heavy (non-hydrogen) atoms. The highest BCUT2D eigenvalue weighted by atomic mass is 32.2. The molecule has 2 aromatic heterocycles. The van der Waals surface area contributed by atoms with Crippen LogP contribution in [-0.2, 0) is 10.0 Å². The van der Waals surface area contributed by atoms with Gasteiger partial charge in [0, 0.05) is 17.3 Å². The number of benzene rings is 1. The third-order valence-corrected chi connectivity index (χ3v) is 6.85. The van der Waals surface area contributed by atoms with Crippen molar-refractivity contribution in [1.82, 2.24) is 14.7 Å². The zero-order valence-corrected chi connectivity index (χ0v) is 16.6. The van der Waals surface area contributed by atoms with Crippen molar-refractivity contribution in [2.75, 3.05) is 0 Å². The molecule has 1 aliphatic carbocycles. The maximum absolute atomic E-state index is 12.9. The largest absolute Gasteiger partial charge is 0.356 e. The molecule has 150 valence electrons. The fraction of sp³-hybridized carbons (Fsp3) is 0.238. The molecule has 2 atom stereocenters. The summed E-state index contributed by atoms with van der Waals surface area (Å²) in [7, 11) is -3.71. The highest BCUT2D eigenvalue weighted by Gasteiger charge is 2.33. The maximum atomic E-state index is 12.9. The average molecular weight is 411 g/mol. The van der Waals surface area contributed by atoms with Gasteiger partial charge < -0.3 is 9.97 Å². The molecule has 4 rings (SSSR count). The summed E-state index contributed by atoms with van der Waals surface area (Å²) in [6.07, 6.45) is 2.69. The molecule has 0 radical (unpaired) electrons. The monoisotopic (exact) mass is 411 g/mol. The molecule has 0 saturated carbocycles. The minimum atomic E-state index is -3.71. The summed E-state index contributed by atoms with van der Waals surface area (Å²) in [5, 5.41) is 0. The van der Waals surface area contributed by atoms with Crippen LogP contribution in [0.3, 0.4) is 0 Å². The summed E-state index contributed by atoms with van der Waals surface area (Å²) in [5.74, 6) is -0.0521. The van der Waals surface area contributed by atoms with E-state index in [1.54, 1.807) is 36.4 Å². The molecule has 0 saturated heterocycles. The van der Waals surface area contributed by atoms with Crippen molar-refractivity contribution in [3.8, 4) is 0 Å². The predicted octanol–water partition coefficient (Wildman–Crippen LogP) is 3.22. The molecule has 1 aromatic carbocycles. The fourth-order valence-corrected chi connectivity index (χ4v) is 5.14. The number of hydrogen-bond donors (Lipinski definition) is 3. The van der Waals surface area contributed by atoms with Crippen LogP contribution in [0.25, 0.3) is 0 Å². The minimum Gasteiger partial charge on any atom is -0.356 e.